The van der Waals surface area contributed by atoms with E-state index in [0.717, 1.165) is 11.6 Å². The predicted octanol–water partition coefficient (Wildman–Crippen LogP) is 0.692. The van der Waals surface area contributed by atoms with Gasteiger partial charge < -0.3 is 9.13 Å². The maximum Gasteiger partial charge on any atom is 0.150 e. The molecule has 0 amide bonds. The van der Waals surface area contributed by atoms with Gasteiger partial charge in [-0.2, -0.15) is 0 Å². The Morgan fingerprint density at radius 2 is 1.39 bits per heavy atom. The molecular weight excluding hydrogens is 228 g/mol. The van der Waals surface area contributed by atoms with Crippen molar-refractivity contribution in [3.05, 3.63) is 36.4 Å². The average Bonchev–Trinajstić information content (AvgIpc) is 2.94. The van der Waals surface area contributed by atoms with E-state index in [1.807, 2.05) is 35.6 Å². The number of nitrogens with zero attached hydrogens (tertiary/aromatic N) is 6. The molecule has 2 aromatic rings. The van der Waals surface area contributed by atoms with Gasteiger partial charge in [0.2, 0.25) is 0 Å². The number of rotatable bonds is 5. The zero-order chi connectivity index (χ0) is 12.8. The average molecular weight is 244 g/mol. The van der Waals surface area contributed by atoms with Crippen molar-refractivity contribution in [3.8, 4) is 0 Å². The molecule has 0 aliphatic rings. The third-order valence-electron chi connectivity index (χ3n) is 2.49. The first kappa shape index (κ1) is 12.2. The fraction of sp³-hybridized carbons (Fsp3) is 0.333. The Morgan fingerprint density at radius 1 is 0.944 bits per heavy atom. The van der Waals surface area contributed by atoms with Crippen LogP contribution in [-0.4, -0.2) is 44.6 Å². The lowest BCUT2D eigenvalue weighted by Gasteiger charge is -1.94. The van der Waals surface area contributed by atoms with Gasteiger partial charge in [0.15, 0.2) is 0 Å². The number of hydrogen-bond donors (Lipinski definition) is 0. The van der Waals surface area contributed by atoms with E-state index in [1.165, 1.54) is 0 Å². The van der Waals surface area contributed by atoms with Crippen LogP contribution in [0.1, 0.15) is 11.6 Å². The van der Waals surface area contributed by atoms with Gasteiger partial charge >= 0.3 is 0 Å². The van der Waals surface area contributed by atoms with Crippen molar-refractivity contribution in [3.63, 3.8) is 0 Å². The fourth-order valence-corrected chi connectivity index (χ4v) is 1.41. The van der Waals surface area contributed by atoms with Crippen molar-refractivity contribution in [2.45, 2.75) is 0 Å². The minimum atomic E-state index is 0.647. The van der Waals surface area contributed by atoms with E-state index in [4.69, 9.17) is 0 Å². The summed E-state index contributed by atoms with van der Waals surface area (Å²) in [5, 5.41) is 0. The monoisotopic (exact) mass is 244 g/mol. The number of aromatic nitrogens is 4. The van der Waals surface area contributed by atoms with E-state index in [0.29, 0.717) is 13.1 Å². The molecule has 18 heavy (non-hydrogen) atoms. The molecule has 0 unspecified atom stereocenters. The quantitative estimate of drug-likeness (QED) is 0.574. The summed E-state index contributed by atoms with van der Waals surface area (Å²) in [4.78, 5) is 16.8. The molecule has 0 saturated heterocycles. The molecule has 2 aromatic heterocycles. The molecular formula is C12H16N6. The summed E-state index contributed by atoms with van der Waals surface area (Å²) >= 11 is 0. The van der Waals surface area contributed by atoms with Crippen molar-refractivity contribution in [1.29, 1.82) is 0 Å². The van der Waals surface area contributed by atoms with Crippen LogP contribution in [0.15, 0.2) is 34.8 Å². The third-order valence-corrected chi connectivity index (χ3v) is 2.49. The highest BCUT2D eigenvalue weighted by molar-refractivity contribution is 5.75. The van der Waals surface area contributed by atoms with Crippen LogP contribution in [-0.2, 0) is 14.1 Å². The second-order valence-corrected chi connectivity index (χ2v) is 3.86. The van der Waals surface area contributed by atoms with Crippen molar-refractivity contribution in [1.82, 2.24) is 19.1 Å². The lowest BCUT2D eigenvalue weighted by Crippen LogP contribution is -1.98. The first-order chi connectivity index (χ1) is 8.77. The minimum absolute atomic E-state index is 0.647. The molecule has 2 rings (SSSR count). The molecule has 94 valence electrons. The normalized spacial score (nSPS) is 11.9. The summed E-state index contributed by atoms with van der Waals surface area (Å²) < 4.78 is 3.83. The van der Waals surface area contributed by atoms with Gasteiger partial charge in [0.1, 0.15) is 11.6 Å². The Balaban J connectivity index is 1.77. The lowest BCUT2D eigenvalue weighted by molar-refractivity contribution is 0.892. The smallest absolute Gasteiger partial charge is 0.150 e. The highest BCUT2D eigenvalue weighted by Gasteiger charge is 1.93. The number of hydrogen-bond acceptors (Lipinski definition) is 4. The van der Waals surface area contributed by atoms with E-state index in [-0.39, 0.29) is 0 Å². The number of imidazole rings is 2. The summed E-state index contributed by atoms with van der Waals surface area (Å²) in [7, 11) is 3.88. The summed E-state index contributed by atoms with van der Waals surface area (Å²) in [6, 6.07) is 0. The topological polar surface area (TPSA) is 60.4 Å². The van der Waals surface area contributed by atoms with Gasteiger partial charge in [-0.25, -0.2) is 9.97 Å². The molecule has 0 radical (unpaired) electrons. The zero-order valence-corrected chi connectivity index (χ0v) is 10.6. The lowest BCUT2D eigenvalue weighted by atomic mass is 10.6. The van der Waals surface area contributed by atoms with E-state index in [1.54, 1.807) is 24.8 Å². The van der Waals surface area contributed by atoms with E-state index < -0.39 is 0 Å². The van der Waals surface area contributed by atoms with Gasteiger partial charge in [0, 0.05) is 38.9 Å². The standard InChI is InChI=1S/C12H16N6/c1-17-7-5-15-11(17)9-13-3-4-14-10-12-16-6-8-18(12)2/h5-10H,3-4H2,1-2H3. The molecule has 0 aliphatic carbocycles. The number of aliphatic imine (C=N–C) groups is 2. The largest absolute Gasteiger partial charge is 0.333 e. The van der Waals surface area contributed by atoms with Crippen LogP contribution in [0, 0.1) is 0 Å². The Kier molecular flexibility index (Phi) is 4.01. The van der Waals surface area contributed by atoms with Gasteiger partial charge in [-0.1, -0.05) is 0 Å². The van der Waals surface area contributed by atoms with Crippen LogP contribution in [0.3, 0.4) is 0 Å². The second kappa shape index (κ2) is 5.90. The molecule has 2 heterocycles. The van der Waals surface area contributed by atoms with Crippen LogP contribution in [0.25, 0.3) is 0 Å². The van der Waals surface area contributed by atoms with Crippen LogP contribution in [0.4, 0.5) is 0 Å². The molecule has 0 aromatic carbocycles. The summed E-state index contributed by atoms with van der Waals surface area (Å²) in [5.41, 5.74) is 0. The highest BCUT2D eigenvalue weighted by Crippen LogP contribution is 1.90. The summed E-state index contributed by atoms with van der Waals surface area (Å²) in [5.74, 6) is 1.70. The van der Waals surface area contributed by atoms with Crippen LogP contribution < -0.4 is 0 Å². The minimum Gasteiger partial charge on any atom is -0.333 e. The van der Waals surface area contributed by atoms with Crippen molar-refractivity contribution in [2.75, 3.05) is 13.1 Å². The predicted molar refractivity (Wildman–Crippen MR) is 71.3 cm³/mol. The SMILES string of the molecule is Cn1ccnc1C=NCCN=Cc1nccn1C. The van der Waals surface area contributed by atoms with Crippen molar-refractivity contribution >= 4 is 12.4 Å². The summed E-state index contributed by atoms with van der Waals surface area (Å²) in [6.07, 6.45) is 10.8. The second-order valence-electron chi connectivity index (χ2n) is 3.86. The Labute approximate surface area is 106 Å². The third kappa shape index (κ3) is 3.13. The van der Waals surface area contributed by atoms with Gasteiger partial charge in [-0.05, 0) is 0 Å². The Morgan fingerprint density at radius 3 is 1.72 bits per heavy atom. The molecule has 0 fully saturated rings. The summed E-state index contributed by atoms with van der Waals surface area (Å²) in [6.45, 7) is 1.29. The van der Waals surface area contributed by atoms with Crippen molar-refractivity contribution < 1.29 is 0 Å². The molecule has 6 nitrogen and oxygen atoms in total. The number of aryl methyl sites for hydroxylation is 2. The van der Waals surface area contributed by atoms with Crippen LogP contribution in [0.5, 0.6) is 0 Å². The maximum absolute atomic E-state index is 4.27. The molecule has 0 spiro atoms. The van der Waals surface area contributed by atoms with Crippen LogP contribution in [0.2, 0.25) is 0 Å². The molecule has 0 aliphatic heterocycles. The van der Waals surface area contributed by atoms with E-state index in [2.05, 4.69) is 20.0 Å². The van der Waals surface area contributed by atoms with E-state index >= 15 is 0 Å². The van der Waals surface area contributed by atoms with Crippen LogP contribution >= 0.6 is 0 Å². The molecule has 6 heteroatoms. The molecule has 0 atom stereocenters. The molecule has 0 saturated carbocycles. The van der Waals surface area contributed by atoms with Crippen molar-refractivity contribution in [2.24, 2.45) is 24.1 Å². The Bertz CT molecular complexity index is 498. The Hall–Kier alpha value is -2.24. The zero-order valence-electron chi connectivity index (χ0n) is 10.6. The molecule has 0 N–H and O–H groups in total. The highest BCUT2D eigenvalue weighted by atomic mass is 15.0. The van der Waals surface area contributed by atoms with Gasteiger partial charge in [-0.3, -0.25) is 9.98 Å². The van der Waals surface area contributed by atoms with E-state index in [9.17, 15) is 0 Å². The van der Waals surface area contributed by atoms with Gasteiger partial charge in [-0.15, -0.1) is 0 Å². The maximum atomic E-state index is 4.27. The van der Waals surface area contributed by atoms with Gasteiger partial charge in [0.05, 0.1) is 25.5 Å². The fourth-order valence-electron chi connectivity index (χ4n) is 1.41. The van der Waals surface area contributed by atoms with Gasteiger partial charge in [0.25, 0.3) is 0 Å². The first-order valence-electron chi connectivity index (χ1n) is 5.71. The molecule has 0 bridgehead atoms. The first-order valence-corrected chi connectivity index (χ1v) is 5.71.